The first-order valence-corrected chi connectivity index (χ1v) is 6.11. The fourth-order valence-corrected chi connectivity index (χ4v) is 1.96. The first-order chi connectivity index (χ1) is 9.17. The molecule has 100 valence electrons. The summed E-state index contributed by atoms with van der Waals surface area (Å²) in [6, 6.07) is 7.28. The molecule has 0 radical (unpaired) electrons. The maximum absolute atomic E-state index is 11.3. The van der Waals surface area contributed by atoms with Crippen LogP contribution in [0.5, 0.6) is 5.75 Å². The van der Waals surface area contributed by atoms with Gasteiger partial charge >= 0.3 is 5.97 Å². The van der Waals surface area contributed by atoms with Gasteiger partial charge in [-0.05, 0) is 18.6 Å². The van der Waals surface area contributed by atoms with Crippen LogP contribution in [-0.4, -0.2) is 28.0 Å². The Morgan fingerprint density at radius 1 is 1.42 bits per heavy atom. The van der Waals surface area contributed by atoms with E-state index in [9.17, 15) is 9.90 Å². The normalized spacial score (nSPS) is 10.4. The summed E-state index contributed by atoms with van der Waals surface area (Å²) in [5.74, 6) is -0.366. The van der Waals surface area contributed by atoms with E-state index in [2.05, 4.69) is 5.10 Å². The van der Waals surface area contributed by atoms with Crippen LogP contribution >= 0.6 is 0 Å². The minimum absolute atomic E-state index is 0.193. The molecule has 1 aromatic carbocycles. The summed E-state index contributed by atoms with van der Waals surface area (Å²) >= 11 is 0. The van der Waals surface area contributed by atoms with Crippen molar-refractivity contribution >= 4 is 5.97 Å². The Morgan fingerprint density at radius 3 is 2.79 bits per heavy atom. The first-order valence-electron chi connectivity index (χ1n) is 6.11. The van der Waals surface area contributed by atoms with Gasteiger partial charge in [-0.15, -0.1) is 0 Å². The summed E-state index contributed by atoms with van der Waals surface area (Å²) in [5, 5.41) is 13.6. The summed E-state index contributed by atoms with van der Waals surface area (Å²) in [6.07, 6.45) is 2.46. The van der Waals surface area contributed by atoms with Crippen LogP contribution in [0.15, 0.2) is 30.5 Å². The minimum atomic E-state index is -0.983. The lowest BCUT2D eigenvalue weighted by atomic mass is 10.1. The molecule has 1 aromatic heterocycles. The Labute approximate surface area is 111 Å². The molecule has 0 saturated carbocycles. The van der Waals surface area contributed by atoms with E-state index >= 15 is 0 Å². The number of aromatic nitrogens is 2. The molecule has 0 saturated heterocycles. The lowest BCUT2D eigenvalue weighted by Crippen LogP contribution is -1.98. The molecule has 0 amide bonds. The molecule has 0 aliphatic carbocycles. The number of rotatable bonds is 5. The second-order valence-electron chi connectivity index (χ2n) is 4.16. The fourth-order valence-electron chi connectivity index (χ4n) is 1.96. The molecule has 2 aromatic rings. The van der Waals surface area contributed by atoms with Crippen LogP contribution in [0.25, 0.3) is 11.3 Å². The van der Waals surface area contributed by atoms with Crippen LogP contribution in [-0.2, 0) is 6.54 Å². The number of aryl methyl sites for hydroxylation is 1. The second kappa shape index (κ2) is 5.56. The van der Waals surface area contributed by atoms with Gasteiger partial charge in [0.1, 0.15) is 17.0 Å². The van der Waals surface area contributed by atoms with Crippen molar-refractivity contribution in [1.82, 2.24) is 9.78 Å². The van der Waals surface area contributed by atoms with E-state index in [1.165, 1.54) is 0 Å². The molecule has 0 fully saturated rings. The Hall–Kier alpha value is -2.30. The average Bonchev–Trinajstić information content (AvgIpc) is 2.83. The smallest absolute Gasteiger partial charge is 0.339 e. The summed E-state index contributed by atoms with van der Waals surface area (Å²) in [7, 11) is 1.56. The molecule has 5 nitrogen and oxygen atoms in total. The van der Waals surface area contributed by atoms with Gasteiger partial charge in [0.15, 0.2) is 0 Å². The molecule has 0 aliphatic heterocycles. The highest BCUT2D eigenvalue weighted by atomic mass is 16.5. The van der Waals surface area contributed by atoms with E-state index < -0.39 is 5.97 Å². The van der Waals surface area contributed by atoms with Crippen molar-refractivity contribution in [2.24, 2.45) is 0 Å². The van der Waals surface area contributed by atoms with E-state index in [-0.39, 0.29) is 5.56 Å². The third kappa shape index (κ3) is 2.59. The molecule has 0 bridgehead atoms. The van der Waals surface area contributed by atoms with E-state index in [1.807, 2.05) is 25.1 Å². The number of para-hydroxylation sites is 1. The topological polar surface area (TPSA) is 64.4 Å². The Bertz CT molecular complexity index is 590. The maximum atomic E-state index is 11.3. The first kappa shape index (κ1) is 13.1. The Kier molecular flexibility index (Phi) is 3.85. The summed E-state index contributed by atoms with van der Waals surface area (Å²) in [5.41, 5.74) is 1.33. The van der Waals surface area contributed by atoms with Gasteiger partial charge in [-0.2, -0.15) is 5.10 Å². The van der Waals surface area contributed by atoms with Crippen LogP contribution < -0.4 is 4.74 Å². The number of methoxy groups -OCH3 is 1. The number of carboxylic acid groups (broad SMARTS) is 1. The average molecular weight is 260 g/mol. The zero-order valence-corrected chi connectivity index (χ0v) is 11.0. The molecule has 0 atom stereocenters. The SMILES string of the molecule is CCCn1cc(C(=O)O)c(-c2ccccc2OC)n1. The number of hydrogen-bond acceptors (Lipinski definition) is 3. The Balaban J connectivity index is 2.56. The summed E-state index contributed by atoms with van der Waals surface area (Å²) < 4.78 is 6.92. The van der Waals surface area contributed by atoms with Crippen LogP contribution in [0.4, 0.5) is 0 Å². The van der Waals surface area contributed by atoms with Gasteiger partial charge in [0, 0.05) is 18.3 Å². The maximum Gasteiger partial charge on any atom is 0.339 e. The van der Waals surface area contributed by atoms with Gasteiger partial charge in [-0.1, -0.05) is 19.1 Å². The predicted octanol–water partition coefficient (Wildman–Crippen LogP) is 2.67. The van der Waals surface area contributed by atoms with E-state index in [0.717, 1.165) is 6.42 Å². The van der Waals surface area contributed by atoms with Crippen molar-refractivity contribution in [2.75, 3.05) is 7.11 Å². The molecule has 0 spiro atoms. The van der Waals surface area contributed by atoms with Gasteiger partial charge in [-0.25, -0.2) is 4.79 Å². The molecule has 0 aliphatic rings. The molecule has 1 N–H and O–H groups in total. The highest BCUT2D eigenvalue weighted by Gasteiger charge is 2.19. The number of carbonyl (C=O) groups is 1. The highest BCUT2D eigenvalue weighted by Crippen LogP contribution is 2.30. The summed E-state index contributed by atoms with van der Waals surface area (Å²) in [6.45, 7) is 2.71. The number of hydrogen-bond donors (Lipinski definition) is 1. The number of nitrogens with zero attached hydrogens (tertiary/aromatic N) is 2. The summed E-state index contributed by atoms with van der Waals surface area (Å²) in [4.78, 5) is 11.3. The number of ether oxygens (including phenoxy) is 1. The zero-order chi connectivity index (χ0) is 13.8. The lowest BCUT2D eigenvalue weighted by molar-refractivity contribution is 0.0697. The second-order valence-corrected chi connectivity index (χ2v) is 4.16. The van der Waals surface area contributed by atoms with Gasteiger partial charge in [0.2, 0.25) is 0 Å². The Morgan fingerprint density at radius 2 is 2.16 bits per heavy atom. The lowest BCUT2D eigenvalue weighted by Gasteiger charge is -2.06. The molecule has 19 heavy (non-hydrogen) atoms. The van der Waals surface area contributed by atoms with Crippen molar-refractivity contribution in [3.8, 4) is 17.0 Å². The van der Waals surface area contributed by atoms with E-state index in [1.54, 1.807) is 24.1 Å². The van der Waals surface area contributed by atoms with Gasteiger partial charge in [0.05, 0.1) is 7.11 Å². The zero-order valence-electron chi connectivity index (χ0n) is 11.0. The molecule has 2 rings (SSSR count). The minimum Gasteiger partial charge on any atom is -0.496 e. The van der Waals surface area contributed by atoms with Crippen LogP contribution in [0.1, 0.15) is 23.7 Å². The number of carboxylic acids is 1. The molecule has 1 heterocycles. The number of aromatic carboxylic acids is 1. The van der Waals surface area contributed by atoms with Crippen molar-refractivity contribution in [1.29, 1.82) is 0 Å². The van der Waals surface area contributed by atoms with Gasteiger partial charge in [-0.3, -0.25) is 4.68 Å². The van der Waals surface area contributed by atoms with Crippen LogP contribution in [0.3, 0.4) is 0 Å². The molecular formula is C14H16N2O3. The van der Waals surface area contributed by atoms with Crippen molar-refractivity contribution in [3.63, 3.8) is 0 Å². The van der Waals surface area contributed by atoms with Gasteiger partial charge in [0.25, 0.3) is 0 Å². The van der Waals surface area contributed by atoms with E-state index in [4.69, 9.17) is 4.74 Å². The number of benzene rings is 1. The van der Waals surface area contributed by atoms with Gasteiger partial charge < -0.3 is 9.84 Å². The molecular weight excluding hydrogens is 244 g/mol. The molecule has 0 unspecified atom stereocenters. The van der Waals surface area contributed by atoms with Crippen molar-refractivity contribution in [2.45, 2.75) is 19.9 Å². The van der Waals surface area contributed by atoms with E-state index in [0.29, 0.717) is 23.6 Å². The third-order valence-electron chi connectivity index (χ3n) is 2.81. The largest absolute Gasteiger partial charge is 0.496 e. The van der Waals surface area contributed by atoms with Crippen LogP contribution in [0.2, 0.25) is 0 Å². The fraction of sp³-hybridized carbons (Fsp3) is 0.286. The standard InChI is InChI=1S/C14H16N2O3/c1-3-8-16-9-11(14(17)18)13(15-16)10-6-4-5-7-12(10)19-2/h4-7,9H,3,8H2,1-2H3,(H,17,18). The monoisotopic (exact) mass is 260 g/mol. The predicted molar refractivity (Wildman–Crippen MR) is 71.5 cm³/mol. The quantitative estimate of drug-likeness (QED) is 0.897. The third-order valence-corrected chi connectivity index (χ3v) is 2.81. The molecule has 5 heteroatoms. The highest BCUT2D eigenvalue weighted by molar-refractivity contribution is 5.95. The van der Waals surface area contributed by atoms with Crippen molar-refractivity contribution < 1.29 is 14.6 Å². The van der Waals surface area contributed by atoms with Crippen molar-refractivity contribution in [3.05, 3.63) is 36.0 Å². The van der Waals surface area contributed by atoms with Crippen LogP contribution in [0, 0.1) is 0 Å².